The van der Waals surface area contributed by atoms with Crippen LogP contribution in [0.15, 0.2) is 40.8 Å². The first-order valence-electron chi connectivity index (χ1n) is 7.24. The van der Waals surface area contributed by atoms with Crippen molar-refractivity contribution in [3.63, 3.8) is 0 Å². The molecular formula is C17H22N2O. The Morgan fingerprint density at radius 1 is 1.20 bits per heavy atom. The lowest BCUT2D eigenvalue weighted by Gasteiger charge is -2.17. The highest BCUT2D eigenvalue weighted by molar-refractivity contribution is 5.69. The Morgan fingerprint density at radius 3 is 2.65 bits per heavy atom. The van der Waals surface area contributed by atoms with Crippen molar-refractivity contribution in [1.82, 2.24) is 0 Å². The summed E-state index contributed by atoms with van der Waals surface area (Å²) < 4.78 is 5.92. The summed E-state index contributed by atoms with van der Waals surface area (Å²) in [7, 11) is 4.11. The fourth-order valence-electron chi connectivity index (χ4n) is 2.60. The molecule has 2 aromatic rings. The zero-order valence-corrected chi connectivity index (χ0v) is 12.4. The van der Waals surface area contributed by atoms with Crippen LogP contribution in [0.2, 0.25) is 0 Å². The fourth-order valence-corrected chi connectivity index (χ4v) is 2.60. The number of nitrogens with zero attached hydrogens (tertiary/aromatic N) is 1. The first-order chi connectivity index (χ1) is 9.65. The highest BCUT2D eigenvalue weighted by atomic mass is 16.3. The van der Waals surface area contributed by atoms with Crippen molar-refractivity contribution in [3.05, 3.63) is 47.9 Å². The highest BCUT2D eigenvalue weighted by Gasteiger charge is 2.36. The van der Waals surface area contributed by atoms with Crippen LogP contribution in [0.1, 0.15) is 30.8 Å². The number of benzene rings is 1. The number of para-hydroxylation sites is 2. The molecule has 0 amide bonds. The van der Waals surface area contributed by atoms with Gasteiger partial charge in [0.1, 0.15) is 11.5 Å². The molecule has 106 valence electrons. The molecular weight excluding hydrogens is 248 g/mol. The van der Waals surface area contributed by atoms with Gasteiger partial charge in [0.2, 0.25) is 0 Å². The van der Waals surface area contributed by atoms with Gasteiger partial charge < -0.3 is 14.6 Å². The van der Waals surface area contributed by atoms with E-state index in [2.05, 4.69) is 67.6 Å². The van der Waals surface area contributed by atoms with Crippen LogP contribution in [-0.4, -0.2) is 14.1 Å². The van der Waals surface area contributed by atoms with E-state index in [4.69, 9.17) is 4.42 Å². The topological polar surface area (TPSA) is 28.4 Å². The molecule has 1 aliphatic carbocycles. The lowest BCUT2D eigenvalue weighted by atomic mass is 10.2. The van der Waals surface area contributed by atoms with Crippen LogP contribution in [0, 0.1) is 5.92 Å². The first-order valence-corrected chi connectivity index (χ1v) is 7.24. The Kier molecular flexibility index (Phi) is 3.43. The Bertz CT molecular complexity index is 588. The Hall–Kier alpha value is -1.90. The minimum atomic E-state index is 0.651. The summed E-state index contributed by atoms with van der Waals surface area (Å²) in [6.07, 6.45) is 1.27. The Balaban J connectivity index is 1.66. The lowest BCUT2D eigenvalue weighted by Crippen LogP contribution is -2.11. The van der Waals surface area contributed by atoms with Crippen molar-refractivity contribution in [2.75, 3.05) is 24.3 Å². The van der Waals surface area contributed by atoms with Gasteiger partial charge in [-0.2, -0.15) is 0 Å². The molecule has 1 N–H and O–H groups in total. The maximum absolute atomic E-state index is 5.92. The smallest absolute Gasteiger partial charge is 0.123 e. The molecule has 1 saturated carbocycles. The first kappa shape index (κ1) is 13.1. The van der Waals surface area contributed by atoms with E-state index in [0.29, 0.717) is 5.92 Å². The maximum Gasteiger partial charge on any atom is 0.123 e. The summed E-state index contributed by atoms with van der Waals surface area (Å²) in [6, 6.07) is 12.5. The van der Waals surface area contributed by atoms with Crippen molar-refractivity contribution < 1.29 is 4.42 Å². The van der Waals surface area contributed by atoms with Gasteiger partial charge in [0.05, 0.1) is 17.9 Å². The average molecular weight is 270 g/mol. The Labute approximate surface area is 120 Å². The zero-order chi connectivity index (χ0) is 14.1. The number of nitrogens with one attached hydrogen (secondary N) is 1. The van der Waals surface area contributed by atoms with E-state index in [1.165, 1.54) is 12.1 Å². The van der Waals surface area contributed by atoms with E-state index in [9.17, 15) is 0 Å². The van der Waals surface area contributed by atoms with E-state index in [0.717, 1.165) is 29.7 Å². The second-order valence-electron chi connectivity index (χ2n) is 5.89. The normalized spacial score (nSPS) is 20.8. The van der Waals surface area contributed by atoms with E-state index < -0.39 is 0 Å². The molecule has 0 saturated heterocycles. The van der Waals surface area contributed by atoms with Crippen molar-refractivity contribution in [2.24, 2.45) is 5.92 Å². The van der Waals surface area contributed by atoms with E-state index in [-0.39, 0.29) is 0 Å². The lowest BCUT2D eigenvalue weighted by molar-refractivity contribution is 0.468. The molecule has 3 nitrogen and oxygen atoms in total. The SMILES string of the molecule is CC1CC1c1ccc(CNc2ccccc2N(C)C)o1. The molecule has 3 rings (SSSR count). The van der Waals surface area contributed by atoms with Gasteiger partial charge in [-0.25, -0.2) is 0 Å². The molecule has 1 fully saturated rings. The molecule has 1 heterocycles. The fraction of sp³-hybridized carbons (Fsp3) is 0.412. The third kappa shape index (κ3) is 2.67. The molecule has 2 atom stereocenters. The summed E-state index contributed by atoms with van der Waals surface area (Å²) in [5.41, 5.74) is 2.32. The third-order valence-corrected chi connectivity index (χ3v) is 4.00. The summed E-state index contributed by atoms with van der Waals surface area (Å²) in [6.45, 7) is 3.00. The molecule has 3 heteroatoms. The van der Waals surface area contributed by atoms with Crippen LogP contribution in [0.3, 0.4) is 0 Å². The van der Waals surface area contributed by atoms with E-state index >= 15 is 0 Å². The molecule has 1 aromatic heterocycles. The number of rotatable bonds is 5. The van der Waals surface area contributed by atoms with Crippen molar-refractivity contribution in [3.8, 4) is 0 Å². The van der Waals surface area contributed by atoms with Crippen LogP contribution < -0.4 is 10.2 Å². The molecule has 2 unspecified atom stereocenters. The van der Waals surface area contributed by atoms with Gasteiger partial charge in [-0.3, -0.25) is 0 Å². The quantitative estimate of drug-likeness (QED) is 0.887. The number of furan rings is 1. The zero-order valence-electron chi connectivity index (χ0n) is 12.4. The van der Waals surface area contributed by atoms with Crippen molar-refractivity contribution >= 4 is 11.4 Å². The number of hydrogen-bond acceptors (Lipinski definition) is 3. The van der Waals surface area contributed by atoms with Crippen LogP contribution in [0.25, 0.3) is 0 Å². The Morgan fingerprint density at radius 2 is 1.95 bits per heavy atom. The predicted octanol–water partition coefficient (Wildman–Crippen LogP) is 4.08. The monoisotopic (exact) mass is 270 g/mol. The maximum atomic E-state index is 5.92. The minimum absolute atomic E-state index is 0.651. The minimum Gasteiger partial charge on any atom is -0.464 e. The second-order valence-corrected chi connectivity index (χ2v) is 5.89. The van der Waals surface area contributed by atoms with Gasteiger partial charge >= 0.3 is 0 Å². The standard InChI is InChI=1S/C17H22N2O/c1-12-10-14(12)17-9-8-13(20-17)11-18-15-6-4-5-7-16(15)19(2)3/h4-9,12,14,18H,10-11H2,1-3H3. The van der Waals surface area contributed by atoms with Crippen LogP contribution in [0.5, 0.6) is 0 Å². The number of hydrogen-bond donors (Lipinski definition) is 1. The third-order valence-electron chi connectivity index (χ3n) is 4.00. The van der Waals surface area contributed by atoms with Crippen molar-refractivity contribution in [1.29, 1.82) is 0 Å². The average Bonchev–Trinajstić information content (AvgIpc) is 3.00. The second kappa shape index (κ2) is 5.23. The highest BCUT2D eigenvalue weighted by Crippen LogP contribution is 2.47. The summed E-state index contributed by atoms with van der Waals surface area (Å²) >= 11 is 0. The van der Waals surface area contributed by atoms with Gasteiger partial charge in [0.15, 0.2) is 0 Å². The molecule has 0 bridgehead atoms. The molecule has 0 radical (unpaired) electrons. The van der Waals surface area contributed by atoms with Gasteiger partial charge in [0.25, 0.3) is 0 Å². The molecule has 1 aliphatic rings. The molecule has 20 heavy (non-hydrogen) atoms. The van der Waals surface area contributed by atoms with Crippen molar-refractivity contribution in [2.45, 2.75) is 25.8 Å². The van der Waals surface area contributed by atoms with Gasteiger partial charge in [-0.1, -0.05) is 19.1 Å². The van der Waals surface area contributed by atoms with Gasteiger partial charge in [0, 0.05) is 20.0 Å². The summed E-state index contributed by atoms with van der Waals surface area (Å²) in [5.74, 6) is 3.59. The van der Waals surface area contributed by atoms with E-state index in [1.807, 2.05) is 0 Å². The van der Waals surface area contributed by atoms with E-state index in [1.54, 1.807) is 0 Å². The molecule has 1 aromatic carbocycles. The van der Waals surface area contributed by atoms with Gasteiger partial charge in [-0.15, -0.1) is 0 Å². The number of anilines is 2. The van der Waals surface area contributed by atoms with Gasteiger partial charge in [-0.05, 0) is 36.6 Å². The summed E-state index contributed by atoms with van der Waals surface area (Å²) in [5, 5.41) is 3.46. The predicted molar refractivity (Wildman–Crippen MR) is 83.3 cm³/mol. The van der Waals surface area contributed by atoms with Crippen LogP contribution in [0.4, 0.5) is 11.4 Å². The summed E-state index contributed by atoms with van der Waals surface area (Å²) in [4.78, 5) is 2.11. The molecule has 0 spiro atoms. The van der Waals surface area contributed by atoms with Crippen LogP contribution in [-0.2, 0) is 6.54 Å². The largest absolute Gasteiger partial charge is 0.464 e. The molecule has 0 aliphatic heterocycles. The van der Waals surface area contributed by atoms with Crippen LogP contribution >= 0.6 is 0 Å².